The van der Waals surface area contributed by atoms with Gasteiger partial charge in [-0.3, -0.25) is 9.89 Å². The molecule has 3 rings (SSSR count). The molecule has 0 saturated heterocycles. The Labute approximate surface area is 135 Å². The van der Waals surface area contributed by atoms with Crippen molar-refractivity contribution in [1.29, 1.82) is 0 Å². The van der Waals surface area contributed by atoms with E-state index < -0.39 is 6.61 Å². The van der Waals surface area contributed by atoms with Crippen molar-refractivity contribution in [3.63, 3.8) is 0 Å². The molecule has 2 N–H and O–H groups in total. The van der Waals surface area contributed by atoms with Gasteiger partial charge in [0.25, 0.3) is 5.91 Å². The van der Waals surface area contributed by atoms with Crippen LogP contribution in [0.1, 0.15) is 10.4 Å². The molecule has 2 aromatic carbocycles. The highest BCUT2D eigenvalue weighted by Crippen LogP contribution is 2.19. The van der Waals surface area contributed by atoms with Gasteiger partial charge >= 0.3 is 6.61 Å². The first-order chi connectivity index (χ1) is 11.6. The SMILES string of the molecule is O=C(Nc1ccc(-c2ncn[nH]2)cc1)c1ccc(OC(F)F)cc1. The van der Waals surface area contributed by atoms with Crippen molar-refractivity contribution in [2.45, 2.75) is 6.61 Å². The van der Waals surface area contributed by atoms with Crippen LogP contribution in [0.15, 0.2) is 54.9 Å². The smallest absolute Gasteiger partial charge is 0.387 e. The second-order valence-electron chi connectivity index (χ2n) is 4.77. The molecule has 0 aliphatic rings. The van der Waals surface area contributed by atoms with Crippen LogP contribution in [-0.4, -0.2) is 27.7 Å². The molecular weight excluding hydrogens is 318 g/mol. The zero-order valence-corrected chi connectivity index (χ0v) is 12.2. The van der Waals surface area contributed by atoms with E-state index in [1.165, 1.54) is 30.6 Å². The summed E-state index contributed by atoms with van der Waals surface area (Å²) < 4.78 is 28.4. The number of carbonyl (C=O) groups is 1. The highest BCUT2D eigenvalue weighted by atomic mass is 19.3. The molecule has 0 fully saturated rings. The fourth-order valence-electron chi connectivity index (χ4n) is 2.05. The van der Waals surface area contributed by atoms with Crippen molar-refractivity contribution in [3.8, 4) is 17.1 Å². The van der Waals surface area contributed by atoms with Crippen LogP contribution in [-0.2, 0) is 0 Å². The first-order valence-electron chi connectivity index (χ1n) is 6.94. The normalized spacial score (nSPS) is 10.6. The average molecular weight is 330 g/mol. The summed E-state index contributed by atoms with van der Waals surface area (Å²) in [7, 11) is 0. The Hall–Kier alpha value is -3.29. The third kappa shape index (κ3) is 3.72. The molecule has 1 aromatic heterocycles. The Morgan fingerprint density at radius 1 is 1.08 bits per heavy atom. The molecule has 1 heterocycles. The number of aromatic nitrogens is 3. The molecule has 0 atom stereocenters. The third-order valence-electron chi connectivity index (χ3n) is 3.17. The van der Waals surface area contributed by atoms with Gasteiger partial charge in [-0.15, -0.1) is 0 Å². The number of nitrogens with zero attached hydrogens (tertiary/aromatic N) is 2. The molecule has 0 bridgehead atoms. The molecule has 0 saturated carbocycles. The second kappa shape index (κ2) is 6.86. The summed E-state index contributed by atoms with van der Waals surface area (Å²) in [5, 5.41) is 9.23. The van der Waals surface area contributed by atoms with Crippen molar-refractivity contribution >= 4 is 11.6 Å². The van der Waals surface area contributed by atoms with E-state index in [0.717, 1.165) is 5.56 Å². The minimum Gasteiger partial charge on any atom is -0.435 e. The highest BCUT2D eigenvalue weighted by Gasteiger charge is 2.09. The lowest BCUT2D eigenvalue weighted by Crippen LogP contribution is -2.11. The minimum absolute atomic E-state index is 0.00189. The summed E-state index contributed by atoms with van der Waals surface area (Å²) in [6.45, 7) is -2.90. The Balaban J connectivity index is 1.66. The molecule has 0 spiro atoms. The Morgan fingerprint density at radius 2 is 1.79 bits per heavy atom. The second-order valence-corrected chi connectivity index (χ2v) is 4.77. The van der Waals surface area contributed by atoms with Gasteiger partial charge in [0.15, 0.2) is 5.82 Å². The molecule has 3 aromatic rings. The molecule has 122 valence electrons. The highest BCUT2D eigenvalue weighted by molar-refractivity contribution is 6.04. The number of amides is 1. The molecule has 1 amide bonds. The molecule has 0 aliphatic carbocycles. The molecule has 6 nitrogen and oxygen atoms in total. The molecule has 0 unspecified atom stereocenters. The fourth-order valence-corrected chi connectivity index (χ4v) is 2.05. The maximum absolute atomic E-state index is 12.1. The summed E-state index contributed by atoms with van der Waals surface area (Å²) in [4.78, 5) is 16.2. The van der Waals surface area contributed by atoms with Crippen LogP contribution in [0.4, 0.5) is 14.5 Å². The summed E-state index contributed by atoms with van der Waals surface area (Å²) in [5.41, 5.74) is 1.76. The molecular formula is C16H12F2N4O2. The number of halogens is 2. The molecule has 0 aliphatic heterocycles. The van der Waals surface area contributed by atoms with Gasteiger partial charge in [0.05, 0.1) is 0 Å². The number of alkyl halides is 2. The number of H-pyrrole nitrogens is 1. The van der Waals surface area contributed by atoms with Crippen molar-refractivity contribution in [3.05, 3.63) is 60.4 Å². The van der Waals surface area contributed by atoms with Crippen LogP contribution in [0.25, 0.3) is 11.4 Å². The summed E-state index contributed by atoms with van der Waals surface area (Å²) in [5.74, 6) is 0.270. The van der Waals surface area contributed by atoms with E-state index in [0.29, 0.717) is 17.1 Å². The number of hydrogen-bond acceptors (Lipinski definition) is 4. The van der Waals surface area contributed by atoms with E-state index in [2.05, 4.69) is 25.2 Å². The molecule has 0 radical (unpaired) electrons. The number of carbonyl (C=O) groups excluding carboxylic acids is 1. The van der Waals surface area contributed by atoms with Gasteiger partial charge in [-0.2, -0.15) is 13.9 Å². The molecule has 8 heteroatoms. The van der Waals surface area contributed by atoms with Crippen LogP contribution >= 0.6 is 0 Å². The number of rotatable bonds is 5. The minimum atomic E-state index is -2.90. The van der Waals surface area contributed by atoms with Gasteiger partial charge in [0.1, 0.15) is 12.1 Å². The van der Waals surface area contributed by atoms with Crippen LogP contribution in [0, 0.1) is 0 Å². The number of benzene rings is 2. The van der Waals surface area contributed by atoms with Gasteiger partial charge in [0, 0.05) is 16.8 Å². The van der Waals surface area contributed by atoms with Gasteiger partial charge in [-0.1, -0.05) is 0 Å². The number of aromatic amines is 1. The van der Waals surface area contributed by atoms with E-state index >= 15 is 0 Å². The predicted octanol–water partition coefficient (Wildman–Crippen LogP) is 3.33. The van der Waals surface area contributed by atoms with E-state index in [-0.39, 0.29) is 11.7 Å². The monoisotopic (exact) mass is 330 g/mol. The van der Waals surface area contributed by atoms with Gasteiger partial charge in [-0.25, -0.2) is 4.98 Å². The van der Waals surface area contributed by atoms with Gasteiger partial charge < -0.3 is 10.1 Å². The standard InChI is InChI=1S/C16H12F2N4O2/c17-16(18)24-13-7-3-11(4-8-13)15(23)21-12-5-1-10(2-6-12)14-19-9-20-22-14/h1-9,16H,(H,21,23)(H,19,20,22). The first kappa shape index (κ1) is 15.6. The van der Waals surface area contributed by atoms with Crippen LogP contribution in [0.5, 0.6) is 5.75 Å². The third-order valence-corrected chi connectivity index (χ3v) is 3.17. The predicted molar refractivity (Wildman–Crippen MR) is 82.8 cm³/mol. The van der Waals surface area contributed by atoms with E-state index in [1.54, 1.807) is 24.3 Å². The molecule has 24 heavy (non-hydrogen) atoms. The largest absolute Gasteiger partial charge is 0.435 e. The maximum Gasteiger partial charge on any atom is 0.387 e. The van der Waals surface area contributed by atoms with Gasteiger partial charge in [-0.05, 0) is 48.5 Å². The van der Waals surface area contributed by atoms with E-state index in [4.69, 9.17) is 0 Å². The van der Waals surface area contributed by atoms with Crippen LogP contribution in [0.2, 0.25) is 0 Å². The Kier molecular flexibility index (Phi) is 4.46. The Bertz CT molecular complexity index is 803. The number of anilines is 1. The number of ether oxygens (including phenoxy) is 1. The summed E-state index contributed by atoms with van der Waals surface area (Å²) in [6.07, 6.45) is 1.41. The quantitative estimate of drug-likeness (QED) is 0.752. The van der Waals surface area contributed by atoms with Gasteiger partial charge in [0.2, 0.25) is 0 Å². The van der Waals surface area contributed by atoms with Crippen molar-refractivity contribution < 1.29 is 18.3 Å². The summed E-state index contributed by atoms with van der Waals surface area (Å²) in [6, 6.07) is 12.5. The zero-order chi connectivity index (χ0) is 16.9. The van der Waals surface area contributed by atoms with E-state index in [9.17, 15) is 13.6 Å². The average Bonchev–Trinajstić information content (AvgIpc) is 3.10. The number of hydrogen-bond donors (Lipinski definition) is 2. The lowest BCUT2D eigenvalue weighted by Gasteiger charge is -2.07. The topological polar surface area (TPSA) is 79.9 Å². The first-order valence-corrected chi connectivity index (χ1v) is 6.94. The zero-order valence-electron chi connectivity index (χ0n) is 12.2. The van der Waals surface area contributed by atoms with Crippen LogP contribution < -0.4 is 10.1 Å². The fraction of sp³-hybridized carbons (Fsp3) is 0.0625. The maximum atomic E-state index is 12.1. The lowest BCUT2D eigenvalue weighted by molar-refractivity contribution is -0.0498. The van der Waals surface area contributed by atoms with Crippen molar-refractivity contribution in [2.75, 3.05) is 5.32 Å². The van der Waals surface area contributed by atoms with Crippen molar-refractivity contribution in [1.82, 2.24) is 15.2 Å². The van der Waals surface area contributed by atoms with E-state index in [1.807, 2.05) is 0 Å². The summed E-state index contributed by atoms with van der Waals surface area (Å²) >= 11 is 0. The Morgan fingerprint density at radius 3 is 2.38 bits per heavy atom. The number of nitrogens with one attached hydrogen (secondary N) is 2. The van der Waals surface area contributed by atoms with Crippen LogP contribution in [0.3, 0.4) is 0 Å². The van der Waals surface area contributed by atoms with Crippen molar-refractivity contribution in [2.24, 2.45) is 0 Å². The lowest BCUT2D eigenvalue weighted by atomic mass is 10.1.